The Balaban J connectivity index is 1.80. The first-order chi connectivity index (χ1) is 10.6. The maximum Gasteiger partial charge on any atom is 0.264 e. The van der Waals surface area contributed by atoms with Crippen LogP contribution >= 0.6 is 11.3 Å². The molecule has 0 N–H and O–H groups in total. The van der Waals surface area contributed by atoms with Gasteiger partial charge in [0.1, 0.15) is 6.04 Å². The van der Waals surface area contributed by atoms with Gasteiger partial charge in [-0.2, -0.15) is 0 Å². The van der Waals surface area contributed by atoms with E-state index in [4.69, 9.17) is 0 Å². The molecule has 0 saturated carbocycles. The second-order valence-electron chi connectivity index (χ2n) is 5.48. The van der Waals surface area contributed by atoms with Gasteiger partial charge >= 0.3 is 0 Å². The molecule has 4 nitrogen and oxygen atoms in total. The molecule has 0 radical (unpaired) electrons. The van der Waals surface area contributed by atoms with Crippen LogP contribution in [0, 0.1) is 6.92 Å². The van der Waals surface area contributed by atoms with Gasteiger partial charge in [-0.15, -0.1) is 11.3 Å². The van der Waals surface area contributed by atoms with E-state index in [1.165, 1.54) is 11.3 Å². The van der Waals surface area contributed by atoms with Gasteiger partial charge in [0.25, 0.3) is 5.91 Å². The lowest BCUT2D eigenvalue weighted by molar-refractivity contribution is -0.124. The van der Waals surface area contributed by atoms with Crippen molar-refractivity contribution in [1.29, 1.82) is 0 Å². The summed E-state index contributed by atoms with van der Waals surface area (Å²) in [7, 11) is 0. The van der Waals surface area contributed by atoms with E-state index in [9.17, 15) is 9.59 Å². The molecular weight excluding hydrogens is 296 g/mol. The highest BCUT2D eigenvalue weighted by molar-refractivity contribution is 7.12. The molecule has 1 atom stereocenters. The van der Waals surface area contributed by atoms with Crippen LogP contribution in [0.15, 0.2) is 41.8 Å². The smallest absolute Gasteiger partial charge is 0.264 e. The van der Waals surface area contributed by atoms with E-state index in [1.54, 1.807) is 22.8 Å². The van der Waals surface area contributed by atoms with Crippen LogP contribution in [0.25, 0.3) is 0 Å². The fourth-order valence-corrected chi connectivity index (χ4v) is 3.42. The molecule has 0 spiro atoms. The quantitative estimate of drug-likeness (QED) is 0.855. The Hall–Kier alpha value is -2.14. The lowest BCUT2D eigenvalue weighted by Gasteiger charge is -2.39. The highest BCUT2D eigenvalue weighted by Gasteiger charge is 2.35. The van der Waals surface area contributed by atoms with Crippen molar-refractivity contribution in [3.8, 4) is 0 Å². The summed E-state index contributed by atoms with van der Waals surface area (Å²) < 4.78 is 0. The number of hydrogen-bond acceptors (Lipinski definition) is 3. The molecule has 2 aromatic rings. The molecule has 0 unspecified atom stereocenters. The summed E-state index contributed by atoms with van der Waals surface area (Å²) in [6.45, 7) is 4.89. The van der Waals surface area contributed by atoms with Crippen LogP contribution in [0.2, 0.25) is 0 Å². The summed E-state index contributed by atoms with van der Waals surface area (Å²) in [5.74, 6) is -0.0819. The van der Waals surface area contributed by atoms with Crippen molar-refractivity contribution in [3.63, 3.8) is 0 Å². The number of amides is 2. The van der Waals surface area contributed by atoms with Gasteiger partial charge in [0.15, 0.2) is 0 Å². The molecule has 0 bridgehead atoms. The number of carbonyl (C=O) groups is 2. The second-order valence-corrected chi connectivity index (χ2v) is 6.43. The minimum absolute atomic E-state index is 0.0262. The van der Waals surface area contributed by atoms with E-state index in [0.29, 0.717) is 18.0 Å². The van der Waals surface area contributed by atoms with Crippen molar-refractivity contribution in [2.45, 2.75) is 19.9 Å². The zero-order valence-electron chi connectivity index (χ0n) is 12.7. The number of aryl methyl sites for hydroxylation is 1. The summed E-state index contributed by atoms with van der Waals surface area (Å²) in [5, 5.41) is 1.88. The van der Waals surface area contributed by atoms with Crippen LogP contribution in [0.3, 0.4) is 0 Å². The predicted octanol–water partition coefficient (Wildman–Crippen LogP) is 2.93. The molecule has 5 heteroatoms. The molecule has 1 aliphatic heterocycles. The Labute approximate surface area is 134 Å². The number of rotatable bonds is 2. The first kappa shape index (κ1) is 14.8. The third-order valence-corrected chi connectivity index (χ3v) is 4.82. The Morgan fingerprint density at radius 2 is 2.05 bits per heavy atom. The van der Waals surface area contributed by atoms with Gasteiger partial charge in [-0.1, -0.05) is 18.2 Å². The fraction of sp³-hybridized carbons (Fsp3) is 0.294. The van der Waals surface area contributed by atoms with Crippen molar-refractivity contribution < 1.29 is 9.59 Å². The molecule has 1 fully saturated rings. The monoisotopic (exact) mass is 314 g/mol. The molecule has 2 heterocycles. The van der Waals surface area contributed by atoms with Crippen molar-refractivity contribution in [1.82, 2.24) is 4.90 Å². The van der Waals surface area contributed by atoms with E-state index in [2.05, 4.69) is 0 Å². The summed E-state index contributed by atoms with van der Waals surface area (Å²) in [4.78, 5) is 29.3. The van der Waals surface area contributed by atoms with E-state index in [1.807, 2.05) is 42.6 Å². The largest absolute Gasteiger partial charge is 0.324 e. The van der Waals surface area contributed by atoms with Crippen LogP contribution in [0.5, 0.6) is 0 Å². The predicted molar refractivity (Wildman–Crippen MR) is 88.3 cm³/mol. The van der Waals surface area contributed by atoms with Gasteiger partial charge in [0, 0.05) is 18.8 Å². The first-order valence-electron chi connectivity index (χ1n) is 7.30. The van der Waals surface area contributed by atoms with Gasteiger partial charge in [0.05, 0.1) is 4.88 Å². The highest BCUT2D eigenvalue weighted by Crippen LogP contribution is 2.23. The maximum atomic E-state index is 12.7. The summed E-state index contributed by atoms with van der Waals surface area (Å²) in [6.07, 6.45) is 0. The number of hydrogen-bond donors (Lipinski definition) is 0. The summed E-state index contributed by atoms with van der Waals surface area (Å²) >= 11 is 1.41. The zero-order chi connectivity index (χ0) is 15.7. The van der Waals surface area contributed by atoms with Crippen molar-refractivity contribution in [2.75, 3.05) is 18.0 Å². The maximum absolute atomic E-state index is 12.7. The van der Waals surface area contributed by atoms with Gasteiger partial charge in [-0.05, 0) is 43.0 Å². The molecule has 1 aliphatic rings. The average molecular weight is 314 g/mol. The fourth-order valence-electron chi connectivity index (χ4n) is 2.74. The molecule has 0 aliphatic carbocycles. The van der Waals surface area contributed by atoms with E-state index >= 15 is 0 Å². The number of benzene rings is 1. The molecule has 3 rings (SSSR count). The van der Waals surface area contributed by atoms with Crippen molar-refractivity contribution in [2.24, 2.45) is 0 Å². The van der Waals surface area contributed by atoms with E-state index in [0.717, 1.165) is 11.3 Å². The number of nitrogens with zero attached hydrogens (tertiary/aromatic N) is 2. The number of piperazine rings is 1. The Morgan fingerprint density at radius 3 is 2.73 bits per heavy atom. The Morgan fingerprint density at radius 1 is 1.23 bits per heavy atom. The normalized spacial score (nSPS) is 18.6. The summed E-state index contributed by atoms with van der Waals surface area (Å²) in [5.41, 5.74) is 2.02. The third-order valence-electron chi connectivity index (χ3n) is 3.96. The van der Waals surface area contributed by atoms with Crippen LogP contribution in [0.1, 0.15) is 22.2 Å². The molecule has 1 aromatic carbocycles. The number of anilines is 1. The minimum atomic E-state index is -0.441. The van der Waals surface area contributed by atoms with Crippen molar-refractivity contribution >= 4 is 28.8 Å². The number of carbonyl (C=O) groups excluding carboxylic acids is 2. The Bertz CT molecular complexity index is 696. The van der Waals surface area contributed by atoms with Gasteiger partial charge in [0.2, 0.25) is 5.91 Å². The second kappa shape index (κ2) is 5.93. The minimum Gasteiger partial charge on any atom is -0.324 e. The van der Waals surface area contributed by atoms with Gasteiger partial charge in [-0.25, -0.2) is 0 Å². The molecule has 114 valence electrons. The molecular formula is C17H18N2O2S. The lowest BCUT2D eigenvalue weighted by Crippen LogP contribution is -2.57. The first-order valence-corrected chi connectivity index (χ1v) is 8.18. The molecule has 22 heavy (non-hydrogen) atoms. The Kier molecular flexibility index (Phi) is 3.98. The van der Waals surface area contributed by atoms with Crippen LogP contribution < -0.4 is 4.90 Å². The van der Waals surface area contributed by atoms with E-state index < -0.39 is 6.04 Å². The summed E-state index contributed by atoms with van der Waals surface area (Å²) in [6, 6.07) is 11.1. The van der Waals surface area contributed by atoms with E-state index in [-0.39, 0.29) is 11.8 Å². The standard InChI is InChI=1S/C17H18N2O2S/c1-12-5-3-6-14(11-12)19-9-8-18(13(2)16(19)20)17(21)15-7-4-10-22-15/h3-7,10-11,13H,8-9H2,1-2H3/t13-/m1/s1. The van der Waals surface area contributed by atoms with Crippen molar-refractivity contribution in [3.05, 3.63) is 52.2 Å². The SMILES string of the molecule is Cc1cccc(N2CCN(C(=O)c3cccs3)[C@H](C)C2=O)c1. The van der Waals surface area contributed by atoms with Crippen LogP contribution in [-0.4, -0.2) is 35.8 Å². The van der Waals surface area contributed by atoms with Gasteiger partial charge < -0.3 is 9.80 Å². The topological polar surface area (TPSA) is 40.6 Å². The van der Waals surface area contributed by atoms with Crippen LogP contribution in [-0.2, 0) is 4.79 Å². The molecule has 1 saturated heterocycles. The molecule has 2 amide bonds. The highest BCUT2D eigenvalue weighted by atomic mass is 32.1. The molecule has 1 aromatic heterocycles. The average Bonchev–Trinajstić information content (AvgIpc) is 3.03. The zero-order valence-corrected chi connectivity index (χ0v) is 13.5. The van der Waals surface area contributed by atoms with Crippen LogP contribution in [0.4, 0.5) is 5.69 Å². The lowest BCUT2D eigenvalue weighted by atomic mass is 10.1. The third kappa shape index (κ3) is 2.64. The van der Waals surface area contributed by atoms with Gasteiger partial charge in [-0.3, -0.25) is 9.59 Å². The number of thiophene rings is 1.